The molecule has 0 spiro atoms. The number of tetrazole rings is 1. The van der Waals surface area contributed by atoms with E-state index in [9.17, 15) is 4.39 Å². The van der Waals surface area contributed by atoms with E-state index >= 15 is 0 Å². The molecule has 18 heavy (non-hydrogen) atoms. The van der Waals surface area contributed by atoms with Crippen molar-refractivity contribution in [3.05, 3.63) is 41.6 Å². The number of anilines is 1. The van der Waals surface area contributed by atoms with Gasteiger partial charge in [-0.05, 0) is 24.3 Å². The molecule has 7 heteroatoms. The second kappa shape index (κ2) is 5.05. The number of nitrogens with one attached hydrogen (secondary N) is 2. The molecule has 1 heterocycles. The smallest absolute Gasteiger partial charge is 0.216 e. The average Bonchev–Trinajstić information content (AvgIpc) is 2.89. The van der Waals surface area contributed by atoms with Crippen molar-refractivity contribution in [1.82, 2.24) is 20.6 Å². The molecule has 2 N–H and O–H groups in total. The molecule has 0 aliphatic carbocycles. The minimum absolute atomic E-state index is 0.180. The van der Waals surface area contributed by atoms with Crippen LogP contribution in [0.25, 0.3) is 5.57 Å². The number of nitrogens with zero attached hydrogens (tertiary/aromatic N) is 4. The lowest BCUT2D eigenvalue weighted by Gasteiger charge is -2.05. The second-order valence-electron chi connectivity index (χ2n) is 3.46. The van der Waals surface area contributed by atoms with E-state index in [1.165, 1.54) is 12.3 Å². The van der Waals surface area contributed by atoms with Crippen LogP contribution in [0.1, 0.15) is 11.4 Å². The van der Waals surface area contributed by atoms with E-state index in [2.05, 4.69) is 25.9 Å². The first-order valence-electron chi connectivity index (χ1n) is 5.08. The zero-order valence-electron chi connectivity index (χ0n) is 9.48. The van der Waals surface area contributed by atoms with Gasteiger partial charge in [0.05, 0.1) is 0 Å². The highest BCUT2D eigenvalue weighted by Gasteiger charge is 2.06. The average molecular weight is 244 g/mol. The fourth-order valence-electron chi connectivity index (χ4n) is 1.34. The molecule has 6 nitrogen and oxygen atoms in total. The van der Waals surface area contributed by atoms with Crippen LogP contribution >= 0.6 is 0 Å². The number of hydrogen-bond acceptors (Lipinski definition) is 5. The third kappa shape index (κ3) is 2.32. The number of allylic oxidation sites excluding steroid dienone is 1. The summed E-state index contributed by atoms with van der Waals surface area (Å²) in [6, 6.07) is 6.59. The topological polar surface area (TPSA) is 90.3 Å². The van der Waals surface area contributed by atoms with E-state index in [0.717, 1.165) is 0 Å². The molecule has 1 aromatic heterocycles. The molecule has 1 aromatic carbocycles. The lowest BCUT2D eigenvalue weighted by atomic mass is 10.2. The number of halogens is 1. The SMILES string of the molecule is Cc1c(F)cccc1NC=C(C#N)c1nn[nH]n1. The summed E-state index contributed by atoms with van der Waals surface area (Å²) in [5.41, 5.74) is 1.25. The molecule has 0 saturated carbocycles. The zero-order chi connectivity index (χ0) is 13.0. The summed E-state index contributed by atoms with van der Waals surface area (Å²) in [4.78, 5) is 0. The Bertz CT molecular complexity index is 611. The van der Waals surface area contributed by atoms with Crippen LogP contribution in [0.4, 0.5) is 10.1 Å². The van der Waals surface area contributed by atoms with Gasteiger partial charge in [-0.2, -0.15) is 10.5 Å². The maximum absolute atomic E-state index is 13.3. The fourth-order valence-corrected chi connectivity index (χ4v) is 1.34. The number of benzene rings is 1. The fraction of sp³-hybridized carbons (Fsp3) is 0.0909. The zero-order valence-corrected chi connectivity index (χ0v) is 9.48. The summed E-state index contributed by atoms with van der Waals surface area (Å²) in [6.07, 6.45) is 1.41. The molecule has 0 saturated heterocycles. The highest BCUT2D eigenvalue weighted by atomic mass is 19.1. The van der Waals surface area contributed by atoms with E-state index in [1.807, 2.05) is 6.07 Å². The van der Waals surface area contributed by atoms with Crippen LogP contribution in [0.15, 0.2) is 24.4 Å². The van der Waals surface area contributed by atoms with Gasteiger partial charge >= 0.3 is 0 Å². The van der Waals surface area contributed by atoms with E-state index in [0.29, 0.717) is 11.3 Å². The molecule has 0 atom stereocenters. The first-order chi connectivity index (χ1) is 8.72. The summed E-state index contributed by atoms with van der Waals surface area (Å²) in [7, 11) is 0. The monoisotopic (exact) mass is 244 g/mol. The molecule has 0 aliphatic rings. The van der Waals surface area contributed by atoms with Gasteiger partial charge in [0.1, 0.15) is 17.5 Å². The number of nitriles is 1. The normalized spacial score (nSPS) is 11.1. The lowest BCUT2D eigenvalue weighted by Crippen LogP contribution is -1.96. The number of hydrogen-bond donors (Lipinski definition) is 2. The summed E-state index contributed by atoms with van der Waals surface area (Å²) in [5, 5.41) is 24.8. The van der Waals surface area contributed by atoms with E-state index in [4.69, 9.17) is 5.26 Å². The lowest BCUT2D eigenvalue weighted by molar-refractivity contribution is 0.619. The molecule has 0 aliphatic heterocycles. The predicted octanol–water partition coefficient (Wildman–Crippen LogP) is 1.62. The quantitative estimate of drug-likeness (QED) is 0.801. The van der Waals surface area contributed by atoms with Gasteiger partial charge in [-0.3, -0.25) is 0 Å². The number of H-pyrrole nitrogens is 1. The minimum Gasteiger partial charge on any atom is -0.360 e. The van der Waals surface area contributed by atoms with E-state index < -0.39 is 0 Å². The van der Waals surface area contributed by atoms with Crippen molar-refractivity contribution in [3.63, 3.8) is 0 Å². The maximum atomic E-state index is 13.3. The Morgan fingerprint density at radius 1 is 1.56 bits per heavy atom. The van der Waals surface area contributed by atoms with Crippen LogP contribution in [0.5, 0.6) is 0 Å². The van der Waals surface area contributed by atoms with Crippen LogP contribution < -0.4 is 5.32 Å². The number of aromatic amines is 1. The van der Waals surface area contributed by atoms with Crippen molar-refractivity contribution in [1.29, 1.82) is 5.26 Å². The van der Waals surface area contributed by atoms with Gasteiger partial charge in [-0.25, -0.2) is 4.39 Å². The summed E-state index contributed by atoms with van der Waals surface area (Å²) in [5.74, 6) is -0.134. The van der Waals surface area contributed by atoms with Crippen LogP contribution in [-0.4, -0.2) is 20.6 Å². The van der Waals surface area contributed by atoms with Crippen LogP contribution in [0.3, 0.4) is 0 Å². The molecule has 0 amide bonds. The van der Waals surface area contributed by atoms with Crippen LogP contribution in [0.2, 0.25) is 0 Å². The molecule has 0 bridgehead atoms. The standard InChI is InChI=1S/C11H9FN6/c1-7-9(12)3-2-4-10(7)14-6-8(5-13)11-15-17-18-16-11/h2-4,6,14H,1H3,(H,15,16,17,18). The molecular formula is C11H9FN6. The van der Waals surface area contributed by atoms with Gasteiger partial charge in [0, 0.05) is 17.5 Å². The molecule has 0 fully saturated rings. The first-order valence-corrected chi connectivity index (χ1v) is 5.08. The molecule has 2 rings (SSSR count). The third-order valence-electron chi connectivity index (χ3n) is 2.35. The second-order valence-corrected chi connectivity index (χ2v) is 3.46. The molecule has 0 radical (unpaired) electrons. The highest BCUT2D eigenvalue weighted by Crippen LogP contribution is 2.18. The van der Waals surface area contributed by atoms with Crippen LogP contribution in [0, 0.1) is 24.1 Å². The highest BCUT2D eigenvalue weighted by molar-refractivity contribution is 5.74. The van der Waals surface area contributed by atoms with E-state index in [1.54, 1.807) is 19.1 Å². The Morgan fingerprint density at radius 3 is 3.06 bits per heavy atom. The summed E-state index contributed by atoms with van der Waals surface area (Å²) < 4.78 is 13.3. The van der Waals surface area contributed by atoms with E-state index in [-0.39, 0.29) is 17.2 Å². The van der Waals surface area contributed by atoms with Crippen molar-refractivity contribution >= 4 is 11.3 Å². The van der Waals surface area contributed by atoms with Crippen molar-refractivity contribution in [2.75, 3.05) is 5.32 Å². The number of rotatable bonds is 3. The third-order valence-corrected chi connectivity index (χ3v) is 2.35. The Kier molecular flexibility index (Phi) is 3.29. The Balaban J connectivity index is 2.25. The number of aromatic nitrogens is 4. The maximum Gasteiger partial charge on any atom is 0.216 e. The molecule has 90 valence electrons. The van der Waals surface area contributed by atoms with Gasteiger partial charge in [-0.15, -0.1) is 10.2 Å². The van der Waals surface area contributed by atoms with Gasteiger partial charge in [0.25, 0.3) is 0 Å². The van der Waals surface area contributed by atoms with Gasteiger partial charge < -0.3 is 5.32 Å². The Labute approximate surface area is 102 Å². The van der Waals surface area contributed by atoms with Crippen molar-refractivity contribution in [2.45, 2.75) is 6.92 Å². The van der Waals surface area contributed by atoms with Crippen molar-refractivity contribution in [3.8, 4) is 6.07 Å². The first kappa shape index (κ1) is 11.7. The molecule has 2 aromatic rings. The Morgan fingerprint density at radius 2 is 2.39 bits per heavy atom. The summed E-state index contributed by atoms with van der Waals surface area (Å²) in [6.45, 7) is 1.64. The van der Waals surface area contributed by atoms with Gasteiger partial charge in [-0.1, -0.05) is 6.07 Å². The van der Waals surface area contributed by atoms with Gasteiger partial charge in [0.2, 0.25) is 5.82 Å². The Hall–Kier alpha value is -2.75. The molecular weight excluding hydrogens is 235 g/mol. The van der Waals surface area contributed by atoms with Crippen LogP contribution in [-0.2, 0) is 0 Å². The molecule has 0 unspecified atom stereocenters. The summed E-state index contributed by atoms with van der Waals surface area (Å²) >= 11 is 0. The van der Waals surface area contributed by atoms with Crippen molar-refractivity contribution < 1.29 is 4.39 Å². The minimum atomic E-state index is -0.313. The largest absolute Gasteiger partial charge is 0.360 e. The van der Waals surface area contributed by atoms with Crippen molar-refractivity contribution in [2.24, 2.45) is 0 Å². The predicted molar refractivity (Wildman–Crippen MR) is 62.5 cm³/mol. The van der Waals surface area contributed by atoms with Gasteiger partial charge in [0.15, 0.2) is 0 Å².